The number of aliphatic hydroxyl groups excluding tert-OH is 2. The van der Waals surface area contributed by atoms with Crippen LogP contribution in [-0.4, -0.2) is 29.0 Å². The van der Waals surface area contributed by atoms with Crippen LogP contribution < -0.4 is 5.73 Å². The van der Waals surface area contributed by atoms with Gasteiger partial charge in [-0.1, -0.05) is 19.8 Å². The van der Waals surface area contributed by atoms with Gasteiger partial charge in [-0.05, 0) is 19.3 Å². The minimum atomic E-state index is -0.348. The van der Waals surface area contributed by atoms with Crippen molar-refractivity contribution < 1.29 is 10.2 Å². The van der Waals surface area contributed by atoms with Gasteiger partial charge < -0.3 is 15.9 Å². The second kappa shape index (κ2) is 6.40. The molecule has 12 heavy (non-hydrogen) atoms. The Morgan fingerprint density at radius 1 is 1.08 bits per heavy atom. The first-order valence-corrected chi connectivity index (χ1v) is 4.69. The average molecular weight is 175 g/mol. The van der Waals surface area contributed by atoms with Crippen molar-refractivity contribution in [2.24, 2.45) is 5.73 Å². The van der Waals surface area contributed by atoms with Gasteiger partial charge in [-0.2, -0.15) is 0 Å². The molecule has 74 valence electrons. The summed E-state index contributed by atoms with van der Waals surface area (Å²) in [5.74, 6) is 0. The molecule has 0 fully saturated rings. The fraction of sp³-hybridized carbons (Fsp3) is 1.00. The molecule has 0 rings (SSSR count). The van der Waals surface area contributed by atoms with E-state index in [0.29, 0.717) is 12.8 Å². The van der Waals surface area contributed by atoms with Crippen molar-refractivity contribution in [1.29, 1.82) is 0 Å². The van der Waals surface area contributed by atoms with Crippen LogP contribution in [0.25, 0.3) is 0 Å². The van der Waals surface area contributed by atoms with Gasteiger partial charge in [0.05, 0.1) is 0 Å². The molecule has 0 amide bonds. The van der Waals surface area contributed by atoms with Gasteiger partial charge in [-0.15, -0.1) is 0 Å². The molecule has 0 unspecified atom stereocenters. The van der Waals surface area contributed by atoms with Crippen molar-refractivity contribution in [3.05, 3.63) is 0 Å². The van der Waals surface area contributed by atoms with Gasteiger partial charge in [0.2, 0.25) is 0 Å². The van der Waals surface area contributed by atoms with Gasteiger partial charge >= 0.3 is 0 Å². The predicted molar refractivity (Wildman–Crippen MR) is 49.8 cm³/mol. The molecule has 0 spiro atoms. The third-order valence-corrected chi connectivity index (χ3v) is 2.25. The van der Waals surface area contributed by atoms with Crippen LogP contribution in [-0.2, 0) is 0 Å². The van der Waals surface area contributed by atoms with Gasteiger partial charge in [0.25, 0.3) is 0 Å². The number of aliphatic hydroxyl groups is 2. The fourth-order valence-corrected chi connectivity index (χ4v) is 1.35. The minimum absolute atomic E-state index is 0.111. The van der Waals surface area contributed by atoms with Crippen LogP contribution in [0.1, 0.15) is 39.0 Å². The van der Waals surface area contributed by atoms with E-state index in [4.69, 9.17) is 15.9 Å². The Morgan fingerprint density at radius 2 is 1.58 bits per heavy atom. The summed E-state index contributed by atoms with van der Waals surface area (Å²) in [7, 11) is 0. The van der Waals surface area contributed by atoms with Crippen LogP contribution in [0.3, 0.4) is 0 Å². The Kier molecular flexibility index (Phi) is 6.34. The highest BCUT2D eigenvalue weighted by Crippen LogP contribution is 2.18. The van der Waals surface area contributed by atoms with Crippen LogP contribution in [0.5, 0.6) is 0 Å². The third kappa shape index (κ3) is 4.70. The van der Waals surface area contributed by atoms with Gasteiger partial charge in [-0.25, -0.2) is 0 Å². The zero-order valence-electron chi connectivity index (χ0n) is 7.92. The van der Waals surface area contributed by atoms with Crippen molar-refractivity contribution in [3.63, 3.8) is 0 Å². The highest BCUT2D eigenvalue weighted by Gasteiger charge is 2.22. The second-order valence-corrected chi connectivity index (χ2v) is 3.41. The SMILES string of the molecule is CCCCC(N)(CCO)CCO. The lowest BCUT2D eigenvalue weighted by Crippen LogP contribution is -2.41. The Labute approximate surface area is 74.6 Å². The summed E-state index contributed by atoms with van der Waals surface area (Å²) >= 11 is 0. The van der Waals surface area contributed by atoms with Crippen molar-refractivity contribution in [3.8, 4) is 0 Å². The van der Waals surface area contributed by atoms with E-state index in [9.17, 15) is 0 Å². The lowest BCUT2D eigenvalue weighted by atomic mass is 9.87. The van der Waals surface area contributed by atoms with Gasteiger partial charge in [0.15, 0.2) is 0 Å². The molecule has 0 aliphatic heterocycles. The fourth-order valence-electron chi connectivity index (χ4n) is 1.35. The third-order valence-electron chi connectivity index (χ3n) is 2.25. The lowest BCUT2D eigenvalue weighted by Gasteiger charge is -2.27. The Hall–Kier alpha value is -0.120. The molecule has 0 aromatic carbocycles. The summed E-state index contributed by atoms with van der Waals surface area (Å²) in [6.45, 7) is 2.33. The minimum Gasteiger partial charge on any atom is -0.396 e. The maximum Gasteiger partial charge on any atom is 0.0448 e. The van der Waals surface area contributed by atoms with Crippen LogP contribution in [0.15, 0.2) is 0 Å². The first-order valence-electron chi connectivity index (χ1n) is 4.69. The number of unbranched alkanes of at least 4 members (excludes halogenated alkanes) is 1. The summed E-state index contributed by atoms with van der Waals surface area (Å²) in [6.07, 6.45) is 4.25. The maximum atomic E-state index is 8.77. The van der Waals surface area contributed by atoms with Crippen molar-refractivity contribution >= 4 is 0 Å². The van der Waals surface area contributed by atoms with Gasteiger partial charge in [0.1, 0.15) is 0 Å². The normalized spacial score (nSPS) is 12.0. The standard InChI is InChI=1S/C9H21NO2/c1-2-3-4-9(10,5-7-11)6-8-12/h11-12H,2-8,10H2,1H3. The monoisotopic (exact) mass is 175 g/mol. The molecule has 0 bridgehead atoms. The quantitative estimate of drug-likeness (QED) is 0.532. The molecule has 0 saturated heterocycles. The summed E-state index contributed by atoms with van der Waals surface area (Å²) in [5, 5.41) is 17.5. The first-order chi connectivity index (χ1) is 5.68. The molecule has 0 radical (unpaired) electrons. The van der Waals surface area contributed by atoms with Crippen molar-refractivity contribution in [2.45, 2.75) is 44.6 Å². The van der Waals surface area contributed by atoms with E-state index >= 15 is 0 Å². The van der Waals surface area contributed by atoms with Crippen LogP contribution >= 0.6 is 0 Å². The van der Waals surface area contributed by atoms with Crippen LogP contribution in [0.2, 0.25) is 0 Å². The summed E-state index contributed by atoms with van der Waals surface area (Å²) in [5.41, 5.74) is 5.64. The lowest BCUT2D eigenvalue weighted by molar-refractivity contribution is 0.184. The molecule has 3 nitrogen and oxygen atoms in total. The number of rotatable bonds is 7. The zero-order valence-corrected chi connectivity index (χ0v) is 7.92. The summed E-state index contributed by atoms with van der Waals surface area (Å²) < 4.78 is 0. The maximum absolute atomic E-state index is 8.77. The molecule has 0 aliphatic carbocycles. The highest BCUT2D eigenvalue weighted by molar-refractivity contribution is 4.83. The van der Waals surface area contributed by atoms with E-state index in [1.807, 2.05) is 0 Å². The molecule has 0 aliphatic rings. The average Bonchev–Trinajstić information content (AvgIpc) is 2.02. The molecule has 0 heterocycles. The Morgan fingerprint density at radius 3 is 1.92 bits per heavy atom. The smallest absolute Gasteiger partial charge is 0.0448 e. The van der Waals surface area contributed by atoms with E-state index in [1.165, 1.54) is 0 Å². The Bertz CT molecular complexity index is 101. The topological polar surface area (TPSA) is 66.5 Å². The second-order valence-electron chi connectivity index (χ2n) is 3.41. The van der Waals surface area contributed by atoms with E-state index in [2.05, 4.69) is 6.92 Å². The van der Waals surface area contributed by atoms with E-state index < -0.39 is 0 Å². The van der Waals surface area contributed by atoms with Crippen molar-refractivity contribution in [1.82, 2.24) is 0 Å². The zero-order chi connectivity index (χ0) is 9.45. The number of nitrogens with two attached hydrogens (primary N) is 1. The molecule has 3 heteroatoms. The molecule has 0 aromatic heterocycles. The molecular weight excluding hydrogens is 154 g/mol. The largest absolute Gasteiger partial charge is 0.396 e. The Balaban J connectivity index is 3.80. The molecule has 4 N–H and O–H groups in total. The van der Waals surface area contributed by atoms with E-state index in [-0.39, 0.29) is 18.8 Å². The van der Waals surface area contributed by atoms with Gasteiger partial charge in [0, 0.05) is 18.8 Å². The first kappa shape index (κ1) is 11.9. The highest BCUT2D eigenvalue weighted by atomic mass is 16.3. The van der Waals surface area contributed by atoms with Crippen molar-refractivity contribution in [2.75, 3.05) is 13.2 Å². The number of hydrogen-bond donors (Lipinski definition) is 3. The molecule has 0 aromatic rings. The molecule has 0 saturated carbocycles. The van der Waals surface area contributed by atoms with E-state index in [0.717, 1.165) is 19.3 Å². The molecule has 0 atom stereocenters. The number of hydrogen-bond acceptors (Lipinski definition) is 3. The van der Waals surface area contributed by atoms with E-state index in [1.54, 1.807) is 0 Å². The molecular formula is C9H21NO2. The van der Waals surface area contributed by atoms with Gasteiger partial charge in [-0.3, -0.25) is 0 Å². The van der Waals surface area contributed by atoms with Crippen LogP contribution in [0, 0.1) is 0 Å². The van der Waals surface area contributed by atoms with Crippen LogP contribution in [0.4, 0.5) is 0 Å². The summed E-state index contributed by atoms with van der Waals surface area (Å²) in [4.78, 5) is 0. The predicted octanol–water partition coefficient (Wildman–Crippen LogP) is 0.639. The summed E-state index contributed by atoms with van der Waals surface area (Å²) in [6, 6.07) is 0.